The van der Waals surface area contributed by atoms with Crippen molar-refractivity contribution in [3.8, 4) is 17.2 Å². The van der Waals surface area contributed by atoms with E-state index in [2.05, 4.69) is 10.5 Å². The van der Waals surface area contributed by atoms with Crippen molar-refractivity contribution < 1.29 is 4.79 Å². The second-order valence-electron chi connectivity index (χ2n) is 6.03. The molecule has 0 unspecified atom stereocenters. The van der Waals surface area contributed by atoms with E-state index < -0.39 is 5.91 Å². The summed E-state index contributed by atoms with van der Waals surface area (Å²) in [7, 11) is 0. The number of nitriles is 1. The average Bonchev–Trinajstić information content (AvgIpc) is 2.75. The molecule has 29 heavy (non-hydrogen) atoms. The van der Waals surface area contributed by atoms with E-state index in [1.807, 2.05) is 60.7 Å². The Morgan fingerprint density at radius 2 is 1.55 bits per heavy atom. The third-order valence-electron chi connectivity index (χ3n) is 4.02. The monoisotopic (exact) mass is 419 g/mol. The normalized spacial score (nSPS) is 11.3. The molecule has 0 radical (unpaired) electrons. The quantitative estimate of drug-likeness (QED) is 0.248. The van der Waals surface area contributed by atoms with Gasteiger partial charge in [0.05, 0.1) is 16.3 Å². The summed E-state index contributed by atoms with van der Waals surface area (Å²) in [6.45, 7) is 0. The van der Waals surface area contributed by atoms with Crippen molar-refractivity contribution in [1.82, 2.24) is 5.43 Å². The van der Waals surface area contributed by atoms with Gasteiger partial charge < -0.3 is 0 Å². The molecule has 0 spiro atoms. The molecule has 6 heteroatoms. The van der Waals surface area contributed by atoms with Gasteiger partial charge in [0, 0.05) is 0 Å². The first-order valence-corrected chi connectivity index (χ1v) is 9.38. The molecule has 3 aromatic rings. The lowest BCUT2D eigenvalue weighted by atomic mass is 10.0. The predicted octanol–water partition coefficient (Wildman–Crippen LogP) is 5.72. The van der Waals surface area contributed by atoms with Crippen molar-refractivity contribution in [1.29, 1.82) is 5.26 Å². The molecule has 3 rings (SSSR count). The van der Waals surface area contributed by atoms with Gasteiger partial charge in [-0.1, -0.05) is 83.9 Å². The predicted molar refractivity (Wildman–Crippen MR) is 118 cm³/mol. The van der Waals surface area contributed by atoms with E-state index in [-0.39, 0.29) is 5.57 Å². The third-order valence-corrected chi connectivity index (χ3v) is 4.76. The van der Waals surface area contributed by atoms with E-state index in [0.29, 0.717) is 15.6 Å². The maximum Gasteiger partial charge on any atom is 0.282 e. The van der Waals surface area contributed by atoms with Crippen LogP contribution in [0.25, 0.3) is 17.2 Å². The molecule has 0 fully saturated rings. The first-order valence-electron chi connectivity index (χ1n) is 8.62. The number of hydrazone groups is 1. The van der Waals surface area contributed by atoms with Crippen molar-refractivity contribution in [2.75, 3.05) is 0 Å². The largest absolute Gasteiger partial charge is 0.282 e. The number of rotatable bonds is 5. The lowest BCUT2D eigenvalue weighted by molar-refractivity contribution is -0.117. The van der Waals surface area contributed by atoms with E-state index in [0.717, 1.165) is 16.7 Å². The van der Waals surface area contributed by atoms with Crippen LogP contribution >= 0.6 is 23.2 Å². The third kappa shape index (κ3) is 5.55. The van der Waals surface area contributed by atoms with Crippen molar-refractivity contribution >= 4 is 41.4 Å². The average molecular weight is 420 g/mol. The minimum Gasteiger partial charge on any atom is -0.267 e. The van der Waals surface area contributed by atoms with Crippen LogP contribution in [0.1, 0.15) is 11.1 Å². The van der Waals surface area contributed by atoms with Gasteiger partial charge in [0.1, 0.15) is 11.6 Å². The zero-order valence-corrected chi connectivity index (χ0v) is 16.7. The Hall–Kier alpha value is -3.39. The Morgan fingerprint density at radius 1 is 0.897 bits per heavy atom. The number of halogens is 2. The first kappa shape index (κ1) is 20.3. The molecule has 1 N–H and O–H groups in total. The van der Waals surface area contributed by atoms with Crippen LogP contribution in [0.4, 0.5) is 0 Å². The van der Waals surface area contributed by atoms with Crippen LogP contribution in [0.5, 0.6) is 0 Å². The second-order valence-corrected chi connectivity index (χ2v) is 6.84. The highest BCUT2D eigenvalue weighted by molar-refractivity contribution is 6.42. The molecule has 0 bridgehead atoms. The van der Waals surface area contributed by atoms with E-state index in [4.69, 9.17) is 23.2 Å². The van der Waals surface area contributed by atoms with Gasteiger partial charge in [-0.05, 0) is 40.5 Å². The van der Waals surface area contributed by atoms with E-state index in [1.54, 1.807) is 18.2 Å². The molecule has 1 amide bonds. The second kappa shape index (κ2) is 9.70. The lowest BCUT2D eigenvalue weighted by Gasteiger charge is -2.03. The van der Waals surface area contributed by atoms with E-state index in [9.17, 15) is 10.1 Å². The fraction of sp³-hybridized carbons (Fsp3) is 0. The number of hydrogen-bond donors (Lipinski definition) is 1. The molecular formula is C23H15Cl2N3O. The summed E-state index contributed by atoms with van der Waals surface area (Å²) in [6, 6.07) is 24.4. The van der Waals surface area contributed by atoms with Crippen LogP contribution in [-0.4, -0.2) is 12.1 Å². The molecule has 0 atom stereocenters. The standard InChI is InChI=1S/C23H15Cl2N3O/c24-21-11-8-17(13-22(21)25)15-27-28-23(29)20(14-26)12-16-6-9-19(10-7-16)18-4-2-1-3-5-18/h1-13,15H,(H,28,29). The van der Waals surface area contributed by atoms with Crippen LogP contribution < -0.4 is 5.43 Å². The van der Waals surface area contributed by atoms with Gasteiger partial charge in [-0.25, -0.2) is 5.43 Å². The fourth-order valence-corrected chi connectivity index (χ4v) is 2.84. The number of nitrogens with zero attached hydrogens (tertiary/aromatic N) is 2. The number of carbonyl (C=O) groups is 1. The van der Waals surface area contributed by atoms with Gasteiger partial charge in [-0.2, -0.15) is 10.4 Å². The highest BCUT2D eigenvalue weighted by Gasteiger charge is 2.08. The Balaban J connectivity index is 1.68. The van der Waals surface area contributed by atoms with Gasteiger partial charge in [0.2, 0.25) is 0 Å². The van der Waals surface area contributed by atoms with E-state index in [1.165, 1.54) is 12.3 Å². The number of amides is 1. The Labute approximate surface area is 178 Å². The number of hydrogen-bond acceptors (Lipinski definition) is 3. The van der Waals surface area contributed by atoms with Crippen LogP contribution in [0.15, 0.2) is 83.5 Å². The summed E-state index contributed by atoms with van der Waals surface area (Å²) in [5.41, 5.74) is 5.84. The van der Waals surface area contributed by atoms with Crippen LogP contribution in [-0.2, 0) is 4.79 Å². The van der Waals surface area contributed by atoms with Crippen molar-refractivity contribution in [2.45, 2.75) is 0 Å². The van der Waals surface area contributed by atoms with Crippen molar-refractivity contribution in [3.63, 3.8) is 0 Å². The fourth-order valence-electron chi connectivity index (χ4n) is 2.54. The maximum absolute atomic E-state index is 12.2. The zero-order chi connectivity index (χ0) is 20.6. The Kier molecular flexibility index (Phi) is 6.80. The van der Waals surface area contributed by atoms with Gasteiger partial charge in [-0.3, -0.25) is 4.79 Å². The summed E-state index contributed by atoms with van der Waals surface area (Å²) in [6.07, 6.45) is 2.93. The topological polar surface area (TPSA) is 65.2 Å². The summed E-state index contributed by atoms with van der Waals surface area (Å²) >= 11 is 11.8. The van der Waals surface area contributed by atoms with Gasteiger partial charge >= 0.3 is 0 Å². The molecule has 142 valence electrons. The molecule has 0 saturated heterocycles. The molecule has 0 aliphatic carbocycles. The van der Waals surface area contributed by atoms with Gasteiger partial charge in [-0.15, -0.1) is 0 Å². The lowest BCUT2D eigenvalue weighted by Crippen LogP contribution is -2.19. The SMILES string of the molecule is N#CC(=Cc1ccc(-c2ccccc2)cc1)C(=O)NN=Cc1ccc(Cl)c(Cl)c1. The van der Waals surface area contributed by atoms with Crippen LogP contribution in [0.2, 0.25) is 10.0 Å². The number of nitrogens with one attached hydrogen (secondary N) is 1. The smallest absolute Gasteiger partial charge is 0.267 e. The molecule has 3 aromatic carbocycles. The molecule has 0 aliphatic rings. The van der Waals surface area contributed by atoms with Crippen molar-refractivity contribution in [2.24, 2.45) is 5.10 Å². The summed E-state index contributed by atoms with van der Waals surface area (Å²) in [5, 5.41) is 14.0. The number of benzene rings is 3. The van der Waals surface area contributed by atoms with Gasteiger partial charge in [0.25, 0.3) is 5.91 Å². The number of carbonyl (C=O) groups excluding carboxylic acids is 1. The van der Waals surface area contributed by atoms with Gasteiger partial charge in [0.15, 0.2) is 0 Å². The molecular weight excluding hydrogens is 405 g/mol. The molecule has 0 aromatic heterocycles. The molecule has 0 heterocycles. The minimum atomic E-state index is -0.601. The molecule has 4 nitrogen and oxygen atoms in total. The Bertz CT molecular complexity index is 1120. The Morgan fingerprint density at radius 3 is 2.21 bits per heavy atom. The highest BCUT2D eigenvalue weighted by Crippen LogP contribution is 2.22. The first-order chi connectivity index (χ1) is 14.1. The van der Waals surface area contributed by atoms with Crippen LogP contribution in [0.3, 0.4) is 0 Å². The highest BCUT2D eigenvalue weighted by atomic mass is 35.5. The molecule has 0 aliphatic heterocycles. The van der Waals surface area contributed by atoms with Crippen molar-refractivity contribution in [3.05, 3.63) is 99.5 Å². The van der Waals surface area contributed by atoms with E-state index >= 15 is 0 Å². The zero-order valence-electron chi connectivity index (χ0n) is 15.1. The minimum absolute atomic E-state index is 0.0521. The summed E-state index contributed by atoms with van der Waals surface area (Å²) in [4.78, 5) is 12.2. The molecule has 0 saturated carbocycles. The maximum atomic E-state index is 12.2. The summed E-state index contributed by atoms with van der Waals surface area (Å²) in [5.74, 6) is -0.601. The van der Waals surface area contributed by atoms with Crippen LogP contribution in [0, 0.1) is 11.3 Å². The summed E-state index contributed by atoms with van der Waals surface area (Å²) < 4.78 is 0.